The molecule has 2 atom stereocenters. The molecular weight excluding hydrogens is 222 g/mol. The molecule has 0 bridgehead atoms. The van der Waals surface area contributed by atoms with Crippen molar-refractivity contribution in [1.82, 2.24) is 0 Å². The molecule has 1 rings (SSSR count). The molecule has 2 nitrogen and oxygen atoms in total. The average Bonchev–Trinajstić information content (AvgIpc) is 2.39. The van der Waals surface area contributed by atoms with Crippen molar-refractivity contribution in [3.8, 4) is 6.07 Å². The summed E-state index contributed by atoms with van der Waals surface area (Å²) < 4.78 is 0. The largest absolute Gasteiger partial charge is 0.388 e. The number of hydrogen-bond donors (Lipinski definition) is 1. The quantitative estimate of drug-likeness (QED) is 0.759. The zero-order valence-corrected chi connectivity index (χ0v) is 12.3. The Bertz CT molecular complexity index is 288. The second-order valence-corrected chi connectivity index (χ2v) is 6.10. The van der Waals surface area contributed by atoms with Gasteiger partial charge in [-0.25, -0.2) is 0 Å². The molecule has 0 amide bonds. The third kappa shape index (κ3) is 2.88. The molecule has 104 valence electrons. The molecule has 1 aliphatic carbocycles. The second kappa shape index (κ2) is 6.57. The van der Waals surface area contributed by atoms with Crippen LogP contribution in [0.25, 0.3) is 0 Å². The van der Waals surface area contributed by atoms with Crippen molar-refractivity contribution in [3.63, 3.8) is 0 Å². The van der Waals surface area contributed by atoms with Gasteiger partial charge < -0.3 is 5.11 Å². The molecule has 0 aromatic heterocycles. The van der Waals surface area contributed by atoms with E-state index < -0.39 is 11.0 Å². The maximum Gasteiger partial charge on any atom is 0.0862 e. The minimum Gasteiger partial charge on any atom is -0.388 e. The van der Waals surface area contributed by atoms with Crippen molar-refractivity contribution in [3.05, 3.63) is 0 Å². The first-order chi connectivity index (χ1) is 8.57. The fraction of sp³-hybridized carbons (Fsp3) is 0.938. The molecule has 0 aromatic carbocycles. The number of rotatable bonds is 6. The van der Waals surface area contributed by atoms with E-state index in [4.69, 9.17) is 0 Å². The molecule has 0 saturated heterocycles. The predicted molar refractivity (Wildman–Crippen MR) is 75.1 cm³/mol. The van der Waals surface area contributed by atoms with Gasteiger partial charge in [0.05, 0.1) is 17.1 Å². The van der Waals surface area contributed by atoms with Crippen LogP contribution in [0.4, 0.5) is 0 Å². The van der Waals surface area contributed by atoms with E-state index in [-0.39, 0.29) is 0 Å². The fourth-order valence-electron chi connectivity index (χ4n) is 3.80. The van der Waals surface area contributed by atoms with Crippen LogP contribution in [-0.4, -0.2) is 10.7 Å². The Labute approximate surface area is 112 Å². The van der Waals surface area contributed by atoms with Crippen LogP contribution in [0.5, 0.6) is 0 Å². The Morgan fingerprint density at radius 3 is 2.33 bits per heavy atom. The lowest BCUT2D eigenvalue weighted by Gasteiger charge is -2.47. The number of nitriles is 1. The summed E-state index contributed by atoms with van der Waals surface area (Å²) in [4.78, 5) is 0. The van der Waals surface area contributed by atoms with E-state index in [2.05, 4.69) is 26.8 Å². The zero-order valence-electron chi connectivity index (χ0n) is 12.3. The number of hydrogen-bond acceptors (Lipinski definition) is 2. The maximum atomic E-state index is 11.1. The van der Waals surface area contributed by atoms with Crippen LogP contribution >= 0.6 is 0 Å². The highest BCUT2D eigenvalue weighted by atomic mass is 16.3. The van der Waals surface area contributed by atoms with E-state index in [0.29, 0.717) is 5.92 Å². The lowest BCUT2D eigenvalue weighted by molar-refractivity contribution is -0.0944. The third-order valence-corrected chi connectivity index (χ3v) is 4.86. The first-order valence-electron chi connectivity index (χ1n) is 7.71. The Morgan fingerprint density at radius 1 is 1.28 bits per heavy atom. The lowest BCUT2D eigenvalue weighted by Crippen LogP contribution is -2.50. The average molecular weight is 251 g/mol. The molecule has 2 heteroatoms. The van der Waals surface area contributed by atoms with Gasteiger partial charge in [0.1, 0.15) is 0 Å². The molecular formula is C16H29NO. The highest BCUT2D eigenvalue weighted by Crippen LogP contribution is 2.50. The van der Waals surface area contributed by atoms with Gasteiger partial charge in [-0.05, 0) is 31.6 Å². The van der Waals surface area contributed by atoms with E-state index in [1.54, 1.807) is 0 Å². The minimum atomic E-state index is -0.765. The highest BCUT2D eigenvalue weighted by molar-refractivity contribution is 5.13. The second-order valence-electron chi connectivity index (χ2n) is 6.10. The standard InChI is InChI=1S/C16H29NO/c1-4-9-16(18,10-5-2)15(13-17)11-7-8-14(6-3)12-15/h14,18H,4-12H2,1-3H3. The summed E-state index contributed by atoms with van der Waals surface area (Å²) >= 11 is 0. The van der Waals surface area contributed by atoms with E-state index in [0.717, 1.165) is 51.4 Å². The minimum absolute atomic E-state index is 0.488. The van der Waals surface area contributed by atoms with Crippen LogP contribution in [0.2, 0.25) is 0 Å². The number of nitrogens with zero attached hydrogens (tertiary/aromatic N) is 1. The summed E-state index contributed by atoms with van der Waals surface area (Å²) in [6.07, 6.45) is 8.70. The van der Waals surface area contributed by atoms with Crippen LogP contribution in [0.15, 0.2) is 0 Å². The smallest absolute Gasteiger partial charge is 0.0862 e. The lowest BCUT2D eigenvalue weighted by atomic mass is 9.58. The van der Waals surface area contributed by atoms with Crippen molar-refractivity contribution in [1.29, 1.82) is 5.26 Å². The van der Waals surface area contributed by atoms with Crippen molar-refractivity contribution in [2.75, 3.05) is 0 Å². The molecule has 0 heterocycles. The zero-order chi connectivity index (χ0) is 13.6. The van der Waals surface area contributed by atoms with E-state index in [1.807, 2.05) is 0 Å². The Hall–Kier alpha value is -0.550. The predicted octanol–water partition coefficient (Wildman–Crippen LogP) is 4.43. The van der Waals surface area contributed by atoms with Gasteiger partial charge in [0, 0.05) is 0 Å². The highest BCUT2D eigenvalue weighted by Gasteiger charge is 2.51. The summed E-state index contributed by atoms with van der Waals surface area (Å²) in [6, 6.07) is 2.54. The topological polar surface area (TPSA) is 44.0 Å². The Balaban J connectivity index is 2.99. The maximum absolute atomic E-state index is 11.1. The summed E-state index contributed by atoms with van der Waals surface area (Å²) in [7, 11) is 0. The first kappa shape index (κ1) is 15.5. The van der Waals surface area contributed by atoms with Gasteiger partial charge in [0.25, 0.3) is 0 Å². The summed E-state index contributed by atoms with van der Waals surface area (Å²) in [5.74, 6) is 0.624. The normalized spacial score (nSPS) is 28.9. The fourth-order valence-corrected chi connectivity index (χ4v) is 3.80. The van der Waals surface area contributed by atoms with Gasteiger partial charge in [0.2, 0.25) is 0 Å². The van der Waals surface area contributed by atoms with Crippen LogP contribution in [0.1, 0.15) is 78.6 Å². The van der Waals surface area contributed by atoms with E-state index >= 15 is 0 Å². The van der Waals surface area contributed by atoms with E-state index in [9.17, 15) is 10.4 Å². The SMILES string of the molecule is CCCC(O)(CCC)C1(C#N)CCCC(CC)C1. The van der Waals surface area contributed by atoms with Gasteiger partial charge in [0.15, 0.2) is 0 Å². The summed E-state index contributed by atoms with van der Waals surface area (Å²) in [5.41, 5.74) is -1.25. The molecule has 18 heavy (non-hydrogen) atoms. The molecule has 1 fully saturated rings. The van der Waals surface area contributed by atoms with Gasteiger partial charge in [-0.2, -0.15) is 5.26 Å². The van der Waals surface area contributed by atoms with Crippen LogP contribution in [0, 0.1) is 22.7 Å². The molecule has 0 radical (unpaired) electrons. The molecule has 0 spiro atoms. The molecule has 0 aromatic rings. The van der Waals surface area contributed by atoms with Crippen molar-refractivity contribution in [2.45, 2.75) is 84.2 Å². The third-order valence-electron chi connectivity index (χ3n) is 4.86. The molecule has 2 unspecified atom stereocenters. The van der Waals surface area contributed by atoms with Gasteiger partial charge in [-0.3, -0.25) is 0 Å². The van der Waals surface area contributed by atoms with Crippen molar-refractivity contribution >= 4 is 0 Å². The summed E-state index contributed by atoms with van der Waals surface area (Å²) in [5, 5.41) is 20.8. The Morgan fingerprint density at radius 2 is 1.89 bits per heavy atom. The van der Waals surface area contributed by atoms with Crippen LogP contribution < -0.4 is 0 Å². The van der Waals surface area contributed by atoms with Gasteiger partial charge >= 0.3 is 0 Å². The molecule has 1 aliphatic rings. The first-order valence-corrected chi connectivity index (χ1v) is 7.71. The molecule has 1 saturated carbocycles. The molecule has 1 N–H and O–H groups in total. The van der Waals surface area contributed by atoms with Gasteiger partial charge in [-0.1, -0.05) is 52.9 Å². The summed E-state index contributed by atoms with van der Waals surface area (Å²) in [6.45, 7) is 6.41. The monoisotopic (exact) mass is 251 g/mol. The Kier molecular flexibility index (Phi) is 5.66. The van der Waals surface area contributed by atoms with Gasteiger partial charge in [-0.15, -0.1) is 0 Å². The van der Waals surface area contributed by atoms with Crippen molar-refractivity contribution < 1.29 is 5.11 Å². The number of aliphatic hydroxyl groups is 1. The molecule has 0 aliphatic heterocycles. The van der Waals surface area contributed by atoms with Crippen LogP contribution in [0.3, 0.4) is 0 Å². The van der Waals surface area contributed by atoms with Crippen molar-refractivity contribution in [2.24, 2.45) is 11.3 Å². The van der Waals surface area contributed by atoms with Crippen LogP contribution in [-0.2, 0) is 0 Å². The van der Waals surface area contributed by atoms with E-state index in [1.165, 1.54) is 6.42 Å².